The summed E-state index contributed by atoms with van der Waals surface area (Å²) in [6.07, 6.45) is 8.36. The summed E-state index contributed by atoms with van der Waals surface area (Å²) < 4.78 is 2.32. The van der Waals surface area contributed by atoms with E-state index in [1.165, 1.54) is 60.9 Å². The van der Waals surface area contributed by atoms with Gasteiger partial charge in [-0.2, -0.15) is 0 Å². The summed E-state index contributed by atoms with van der Waals surface area (Å²) in [5.41, 5.74) is 0.272. The molecule has 0 unspecified atom stereocenters. The summed E-state index contributed by atoms with van der Waals surface area (Å²) >= 11 is 0. The van der Waals surface area contributed by atoms with Crippen LogP contribution in [0.3, 0.4) is 0 Å². The van der Waals surface area contributed by atoms with E-state index in [-0.39, 0.29) is 57.4 Å². The number of carboxylic acids is 2. The number of pyridine rings is 1. The third-order valence-electron chi connectivity index (χ3n) is 6.14. The van der Waals surface area contributed by atoms with Gasteiger partial charge in [-0.05, 0) is 36.4 Å². The number of para-hydroxylation sites is 2. The Morgan fingerprint density at radius 3 is 1.72 bits per heavy atom. The molecule has 0 fully saturated rings. The van der Waals surface area contributed by atoms with Gasteiger partial charge in [0.25, 0.3) is 5.91 Å². The molecule has 43 heavy (non-hydrogen) atoms. The molecule has 0 radical (unpaired) electrons. The number of aromatic nitrogens is 7. The number of aromatic hydroxyl groups is 2. The van der Waals surface area contributed by atoms with E-state index in [1.807, 2.05) is 0 Å². The lowest BCUT2D eigenvalue weighted by Gasteiger charge is -2.08. The Bertz CT molecular complexity index is 1820. The van der Waals surface area contributed by atoms with Crippen LogP contribution in [0.25, 0.3) is 34.2 Å². The van der Waals surface area contributed by atoms with Crippen LogP contribution >= 0.6 is 0 Å². The van der Waals surface area contributed by atoms with Crippen molar-refractivity contribution in [1.82, 2.24) is 40.3 Å². The van der Waals surface area contributed by atoms with Crippen LogP contribution in [0, 0.1) is 12.3 Å². The average Bonchev–Trinajstić information content (AvgIpc) is 3.68. The average molecular weight is 581 g/mol. The van der Waals surface area contributed by atoms with Gasteiger partial charge in [-0.1, -0.05) is 22.6 Å². The maximum Gasteiger partial charge on any atom is 0.339 e. The molecule has 15 heteroatoms. The minimum Gasteiger partial charge on any atom is -0.505 e. The molecule has 0 aliphatic heterocycles. The van der Waals surface area contributed by atoms with E-state index in [9.17, 15) is 34.8 Å². The minimum absolute atomic E-state index is 0.0494. The van der Waals surface area contributed by atoms with Gasteiger partial charge in [0.2, 0.25) is 0 Å². The van der Waals surface area contributed by atoms with Gasteiger partial charge in [0, 0.05) is 18.5 Å². The van der Waals surface area contributed by atoms with Gasteiger partial charge in [0.15, 0.2) is 11.5 Å². The predicted octanol–water partition coefficient (Wildman–Crippen LogP) is 2.14. The zero-order chi connectivity index (χ0) is 30.7. The summed E-state index contributed by atoms with van der Waals surface area (Å²) in [4.78, 5) is 40.4. The smallest absolute Gasteiger partial charge is 0.339 e. The molecule has 0 bridgehead atoms. The van der Waals surface area contributed by atoms with Gasteiger partial charge < -0.3 is 25.7 Å². The molecule has 0 aliphatic rings. The first-order valence-electron chi connectivity index (χ1n) is 12.4. The standard InChI is InChI=1S/C28H20N8O7/c1-2-3-10-29-26(39)15-11-18(20-13-35(33-31-20)22-8-4-6-16(24(22)37)27(40)41)30-19(12-15)21-14-36(34-32-21)23-9-5-7-17(25(23)38)28(42)43/h1,4-9,11-14,37-38H,3,10H2,(H,29,39)(H,40,41)(H,42,43). The highest BCUT2D eigenvalue weighted by molar-refractivity contribution is 5.96. The molecular weight excluding hydrogens is 560 g/mol. The Hall–Kier alpha value is -6.56. The van der Waals surface area contributed by atoms with Crippen molar-refractivity contribution in [3.63, 3.8) is 0 Å². The van der Waals surface area contributed by atoms with E-state index in [2.05, 4.69) is 36.8 Å². The van der Waals surface area contributed by atoms with Crippen LogP contribution in [0.1, 0.15) is 37.5 Å². The van der Waals surface area contributed by atoms with Gasteiger partial charge in [-0.3, -0.25) is 4.79 Å². The molecular formula is C28H20N8O7. The molecule has 3 heterocycles. The summed E-state index contributed by atoms with van der Waals surface area (Å²) in [5.74, 6) is -1.74. The van der Waals surface area contributed by atoms with Crippen LogP contribution in [0.5, 0.6) is 11.5 Å². The fourth-order valence-corrected chi connectivity index (χ4v) is 4.05. The van der Waals surface area contributed by atoms with Crippen molar-refractivity contribution in [2.45, 2.75) is 6.42 Å². The minimum atomic E-state index is -1.33. The Morgan fingerprint density at radius 1 is 0.791 bits per heavy atom. The molecule has 0 atom stereocenters. The summed E-state index contributed by atoms with van der Waals surface area (Å²) in [6, 6.07) is 11.1. The summed E-state index contributed by atoms with van der Waals surface area (Å²) in [5, 5.41) is 58.4. The van der Waals surface area contributed by atoms with Gasteiger partial charge >= 0.3 is 11.9 Å². The molecule has 5 rings (SSSR count). The number of hydrogen-bond donors (Lipinski definition) is 5. The fourth-order valence-electron chi connectivity index (χ4n) is 4.05. The molecule has 5 aromatic rings. The largest absolute Gasteiger partial charge is 0.505 e. The van der Waals surface area contributed by atoms with Crippen LogP contribution in [-0.2, 0) is 0 Å². The molecule has 3 aromatic heterocycles. The lowest BCUT2D eigenvalue weighted by atomic mass is 10.1. The van der Waals surface area contributed by atoms with E-state index in [0.29, 0.717) is 6.42 Å². The van der Waals surface area contributed by atoms with Crippen LogP contribution in [0.4, 0.5) is 0 Å². The third-order valence-corrected chi connectivity index (χ3v) is 6.14. The number of hydrogen-bond acceptors (Lipinski definition) is 10. The molecule has 214 valence electrons. The van der Waals surface area contributed by atoms with Crippen LogP contribution in [-0.4, -0.2) is 79.8 Å². The van der Waals surface area contributed by atoms with Crippen molar-refractivity contribution in [3.05, 3.63) is 77.6 Å². The topological polar surface area (TPSA) is 218 Å². The Morgan fingerprint density at radius 2 is 1.28 bits per heavy atom. The van der Waals surface area contributed by atoms with Crippen molar-refractivity contribution in [2.24, 2.45) is 0 Å². The second kappa shape index (κ2) is 11.5. The number of phenols is 2. The number of amides is 1. The molecule has 5 N–H and O–H groups in total. The lowest BCUT2D eigenvalue weighted by molar-refractivity contribution is 0.0682. The second-order valence-corrected chi connectivity index (χ2v) is 8.89. The van der Waals surface area contributed by atoms with Crippen molar-refractivity contribution in [3.8, 4) is 58.0 Å². The Kier molecular flexibility index (Phi) is 7.49. The molecule has 1 amide bonds. The summed E-state index contributed by atoms with van der Waals surface area (Å²) in [6.45, 7) is 0.215. The second-order valence-electron chi connectivity index (χ2n) is 8.89. The van der Waals surface area contributed by atoms with E-state index in [0.717, 1.165) is 9.36 Å². The normalized spacial score (nSPS) is 10.7. The number of nitrogens with one attached hydrogen (secondary N) is 1. The van der Waals surface area contributed by atoms with Crippen LogP contribution in [0.15, 0.2) is 60.9 Å². The lowest BCUT2D eigenvalue weighted by Crippen LogP contribution is -2.24. The molecule has 0 spiro atoms. The van der Waals surface area contributed by atoms with E-state index >= 15 is 0 Å². The zero-order valence-electron chi connectivity index (χ0n) is 21.9. The SMILES string of the molecule is C#CCCNC(=O)c1cc(-c2cn(-c3cccc(C(=O)O)c3O)nn2)nc(-c2cn(-c3cccc(C(=O)O)c3O)nn2)c1. The van der Waals surface area contributed by atoms with Crippen molar-refractivity contribution in [2.75, 3.05) is 6.54 Å². The van der Waals surface area contributed by atoms with Crippen LogP contribution in [0.2, 0.25) is 0 Å². The van der Waals surface area contributed by atoms with Gasteiger partial charge in [-0.15, -0.1) is 22.5 Å². The van der Waals surface area contributed by atoms with Crippen molar-refractivity contribution >= 4 is 17.8 Å². The number of carbonyl (C=O) groups is 3. The van der Waals surface area contributed by atoms with E-state index in [4.69, 9.17) is 6.42 Å². The number of carbonyl (C=O) groups excluding carboxylic acids is 1. The van der Waals surface area contributed by atoms with Gasteiger partial charge in [0.05, 0.1) is 23.8 Å². The maximum atomic E-state index is 13.0. The van der Waals surface area contributed by atoms with Crippen LogP contribution < -0.4 is 5.32 Å². The number of nitrogens with zero attached hydrogens (tertiary/aromatic N) is 7. The Labute approximate surface area is 241 Å². The highest BCUT2D eigenvalue weighted by atomic mass is 16.4. The van der Waals surface area contributed by atoms with Crippen molar-refractivity contribution < 1.29 is 34.8 Å². The molecule has 15 nitrogen and oxygen atoms in total. The zero-order valence-corrected chi connectivity index (χ0v) is 21.9. The third kappa shape index (κ3) is 5.56. The highest BCUT2D eigenvalue weighted by Crippen LogP contribution is 2.29. The predicted molar refractivity (Wildman–Crippen MR) is 148 cm³/mol. The summed E-state index contributed by atoms with van der Waals surface area (Å²) in [7, 11) is 0. The van der Waals surface area contributed by atoms with E-state index < -0.39 is 29.3 Å². The van der Waals surface area contributed by atoms with Crippen molar-refractivity contribution in [1.29, 1.82) is 0 Å². The number of carboxylic acid groups (broad SMARTS) is 2. The fraction of sp³-hybridized carbons (Fsp3) is 0.0714. The number of benzene rings is 2. The molecule has 0 aliphatic carbocycles. The number of rotatable bonds is 9. The van der Waals surface area contributed by atoms with Gasteiger partial charge in [-0.25, -0.2) is 23.9 Å². The number of terminal acetylenes is 1. The first kappa shape index (κ1) is 28.0. The molecule has 0 saturated heterocycles. The quantitative estimate of drug-likeness (QED) is 0.125. The first-order valence-corrected chi connectivity index (χ1v) is 12.4. The Balaban J connectivity index is 1.57. The highest BCUT2D eigenvalue weighted by Gasteiger charge is 2.20. The number of aromatic carboxylic acids is 2. The first-order chi connectivity index (χ1) is 20.7. The molecule has 0 saturated carbocycles. The van der Waals surface area contributed by atoms with Gasteiger partial charge in [0.1, 0.15) is 33.9 Å². The monoisotopic (exact) mass is 580 g/mol. The maximum absolute atomic E-state index is 13.0. The molecule has 2 aromatic carbocycles. The van der Waals surface area contributed by atoms with E-state index in [1.54, 1.807) is 0 Å².